The van der Waals surface area contributed by atoms with E-state index in [0.29, 0.717) is 22.6 Å². The molecule has 0 rings (SSSR count). The van der Waals surface area contributed by atoms with Crippen LogP contribution in [0.3, 0.4) is 0 Å². The Morgan fingerprint density at radius 3 is 1.09 bits per heavy atom. The van der Waals surface area contributed by atoms with E-state index in [9.17, 15) is 30.3 Å². The Labute approximate surface area is 72.0 Å². The van der Waals surface area contributed by atoms with Gasteiger partial charge in [-0.05, 0) is 0 Å². The van der Waals surface area contributed by atoms with E-state index in [4.69, 9.17) is 0 Å². The highest BCUT2D eigenvalue weighted by molar-refractivity contribution is 14.1. The topological polar surface area (TPSA) is 129 Å². The molecule has 0 aromatic heterocycles. The largest absolute Gasteiger partial charge is 0.744 e. The fourth-order valence-electron chi connectivity index (χ4n) is 0.200. The summed E-state index contributed by atoms with van der Waals surface area (Å²) >= 11 is 0.548. The lowest BCUT2D eigenvalue weighted by atomic mass is 10.9. The second-order valence-electron chi connectivity index (χ2n) is 1.32. The fourth-order valence-corrected chi connectivity index (χ4v) is 0.200. The molecule has 0 N–H and O–H groups in total. The van der Waals surface area contributed by atoms with Crippen LogP contribution >= 0.6 is 22.6 Å². The molecule has 0 unspecified atom stereocenters. The molecule has 10 heteroatoms. The van der Waals surface area contributed by atoms with Crippen LogP contribution in [0.1, 0.15) is 0 Å². The highest BCUT2D eigenvalue weighted by Crippen LogP contribution is 2.20. The lowest BCUT2D eigenvalue weighted by Gasteiger charge is -1.99. The molecule has 9 nitrogen and oxygen atoms in total. The third-order valence-corrected chi connectivity index (χ3v) is 1.88. The minimum absolute atomic E-state index is 0.548. The lowest BCUT2D eigenvalue weighted by Crippen LogP contribution is -2.47. The Bertz CT molecular complexity index is 188. The number of alkyl halides is 1. The second kappa shape index (κ2) is 2.89. The number of nitrogens with zero attached hydrogens (tertiary/aromatic N) is 3. The van der Waals surface area contributed by atoms with Gasteiger partial charge in [0.15, 0.2) is 14.8 Å². The molecule has 0 atom stereocenters. The van der Waals surface area contributed by atoms with Crippen molar-refractivity contribution in [2.24, 2.45) is 0 Å². The van der Waals surface area contributed by atoms with E-state index in [1.54, 1.807) is 0 Å². The van der Waals surface area contributed by atoms with Crippen molar-refractivity contribution in [1.29, 1.82) is 0 Å². The summed E-state index contributed by atoms with van der Waals surface area (Å²) in [6.45, 7) is 0. The van der Waals surface area contributed by atoms with Gasteiger partial charge >= 0.3 is 3.79 Å². The number of rotatable bonds is 3. The van der Waals surface area contributed by atoms with Crippen molar-refractivity contribution in [1.82, 2.24) is 0 Å². The van der Waals surface area contributed by atoms with E-state index in [2.05, 4.69) is 0 Å². The highest BCUT2D eigenvalue weighted by atomic mass is 127. The SMILES string of the molecule is O=[N+]([O-])C(I)([N+](=O)[O-])[N+](=O)[O-]. The van der Waals surface area contributed by atoms with E-state index in [0.717, 1.165) is 0 Å². The summed E-state index contributed by atoms with van der Waals surface area (Å²) in [5, 5.41) is 29.5. The van der Waals surface area contributed by atoms with Gasteiger partial charge in [0, 0.05) is 0 Å². The number of nitro groups is 3. The molecule has 0 aliphatic rings. The van der Waals surface area contributed by atoms with E-state index >= 15 is 0 Å². The van der Waals surface area contributed by atoms with Gasteiger partial charge in [0.1, 0.15) is 0 Å². The minimum atomic E-state index is -3.36. The van der Waals surface area contributed by atoms with Gasteiger partial charge < -0.3 is 0 Å². The Morgan fingerprint density at radius 2 is 1.09 bits per heavy atom. The van der Waals surface area contributed by atoms with Crippen LogP contribution in [0.15, 0.2) is 0 Å². The molecule has 0 radical (unpaired) electrons. The smallest absolute Gasteiger partial charge is 0.252 e. The third-order valence-electron chi connectivity index (χ3n) is 0.697. The van der Waals surface area contributed by atoms with Gasteiger partial charge in [-0.25, -0.2) is 0 Å². The van der Waals surface area contributed by atoms with Crippen molar-refractivity contribution >= 4 is 22.6 Å². The van der Waals surface area contributed by atoms with Gasteiger partial charge in [-0.15, -0.1) is 0 Å². The summed E-state index contributed by atoms with van der Waals surface area (Å²) in [6.07, 6.45) is 0. The molecule has 0 aliphatic carbocycles. The summed E-state index contributed by atoms with van der Waals surface area (Å²) in [5.41, 5.74) is 0. The molecule has 0 heterocycles. The van der Waals surface area contributed by atoms with Crippen LogP contribution in [0.2, 0.25) is 0 Å². The quantitative estimate of drug-likeness (QED) is 0.176. The van der Waals surface area contributed by atoms with E-state index in [1.807, 2.05) is 0 Å². The van der Waals surface area contributed by atoms with Gasteiger partial charge in [0.2, 0.25) is 22.6 Å². The maximum Gasteiger partial charge on any atom is 0.744 e. The van der Waals surface area contributed by atoms with Crippen LogP contribution in [0.5, 0.6) is 0 Å². The maximum atomic E-state index is 9.82. The van der Waals surface area contributed by atoms with Crippen LogP contribution in [0, 0.1) is 30.3 Å². The van der Waals surface area contributed by atoms with E-state index in [1.165, 1.54) is 0 Å². The number of hydrogen-bond acceptors (Lipinski definition) is 6. The zero-order valence-electron chi connectivity index (χ0n) is 4.67. The van der Waals surface area contributed by atoms with Crippen molar-refractivity contribution in [2.75, 3.05) is 0 Å². The first kappa shape index (κ1) is 9.93. The van der Waals surface area contributed by atoms with Crippen LogP contribution in [0.25, 0.3) is 0 Å². The molecular formula is CIN3O6. The van der Waals surface area contributed by atoms with Crippen LogP contribution in [-0.4, -0.2) is 18.6 Å². The average molecular weight is 277 g/mol. The summed E-state index contributed by atoms with van der Waals surface area (Å²) in [5.74, 6) is 0. The Hall–Kier alpha value is -1.07. The summed E-state index contributed by atoms with van der Waals surface area (Å²) in [6, 6.07) is 0. The third kappa shape index (κ3) is 1.50. The van der Waals surface area contributed by atoms with Crippen molar-refractivity contribution in [3.63, 3.8) is 0 Å². The molecule has 0 aromatic carbocycles. The molecule has 0 saturated carbocycles. The van der Waals surface area contributed by atoms with Crippen molar-refractivity contribution < 1.29 is 14.8 Å². The summed E-state index contributed by atoms with van der Waals surface area (Å²) in [7, 11) is 0. The normalized spacial score (nSPS) is 10.6. The Kier molecular flexibility index (Phi) is 2.61. The standard InChI is InChI=1S/CIN3O6/c2-1(3(6)7,4(8)9)5(10)11. The van der Waals surface area contributed by atoms with Gasteiger partial charge in [0.05, 0.1) is 0 Å². The maximum absolute atomic E-state index is 9.82. The number of halogens is 1. The molecule has 0 fully saturated rings. The summed E-state index contributed by atoms with van der Waals surface area (Å²) in [4.78, 5) is 24.7. The summed E-state index contributed by atoms with van der Waals surface area (Å²) < 4.78 is -3.36. The molecule has 0 bridgehead atoms. The van der Waals surface area contributed by atoms with Crippen molar-refractivity contribution in [3.8, 4) is 0 Å². The predicted octanol–water partition coefficient (Wildman–Crippen LogP) is -0.137. The highest BCUT2D eigenvalue weighted by Gasteiger charge is 2.67. The number of hydrogen-bond donors (Lipinski definition) is 0. The molecule has 0 aromatic rings. The first-order chi connectivity index (χ1) is 4.83. The molecule has 0 aliphatic heterocycles. The zero-order valence-corrected chi connectivity index (χ0v) is 6.83. The lowest BCUT2D eigenvalue weighted by molar-refractivity contribution is -0.924. The molecule has 0 spiro atoms. The first-order valence-electron chi connectivity index (χ1n) is 1.96. The van der Waals surface area contributed by atoms with Gasteiger partial charge in [-0.1, -0.05) is 0 Å². The second-order valence-corrected chi connectivity index (χ2v) is 2.77. The average Bonchev–Trinajstić information content (AvgIpc) is 1.84. The molecule has 0 saturated heterocycles. The van der Waals surface area contributed by atoms with Crippen molar-refractivity contribution in [2.45, 2.75) is 3.79 Å². The molecule has 62 valence electrons. The predicted molar refractivity (Wildman–Crippen MR) is 37.7 cm³/mol. The van der Waals surface area contributed by atoms with Crippen LogP contribution in [-0.2, 0) is 0 Å². The fraction of sp³-hybridized carbons (Fsp3) is 1.00. The van der Waals surface area contributed by atoms with E-state index in [-0.39, 0.29) is 0 Å². The van der Waals surface area contributed by atoms with Gasteiger partial charge in [-0.3, -0.25) is 30.3 Å². The van der Waals surface area contributed by atoms with Crippen LogP contribution in [0.4, 0.5) is 0 Å². The molecule has 0 amide bonds. The molecule has 11 heavy (non-hydrogen) atoms. The van der Waals surface area contributed by atoms with Gasteiger partial charge in [0.25, 0.3) is 0 Å². The monoisotopic (exact) mass is 277 g/mol. The zero-order chi connectivity index (χ0) is 9.23. The van der Waals surface area contributed by atoms with Crippen LogP contribution < -0.4 is 0 Å². The minimum Gasteiger partial charge on any atom is -0.252 e. The Balaban J connectivity index is 4.99. The van der Waals surface area contributed by atoms with Crippen molar-refractivity contribution in [3.05, 3.63) is 30.3 Å². The Morgan fingerprint density at radius 1 is 0.909 bits per heavy atom. The molecular weight excluding hydrogens is 277 g/mol. The first-order valence-corrected chi connectivity index (χ1v) is 3.03. The van der Waals surface area contributed by atoms with Gasteiger partial charge in [-0.2, -0.15) is 0 Å². The van der Waals surface area contributed by atoms with E-state index < -0.39 is 18.6 Å².